The van der Waals surface area contributed by atoms with Gasteiger partial charge in [-0.15, -0.1) is 0 Å². The molecule has 30 heavy (non-hydrogen) atoms. The van der Waals surface area contributed by atoms with Gasteiger partial charge in [0.2, 0.25) is 0 Å². The molecule has 2 aliphatic carbocycles. The molecule has 2 bridgehead atoms. The van der Waals surface area contributed by atoms with Gasteiger partial charge in [-0.05, 0) is 0 Å². The van der Waals surface area contributed by atoms with E-state index < -0.39 is 35.8 Å². The van der Waals surface area contributed by atoms with Crippen LogP contribution in [-0.2, 0) is 17.4 Å². The quantitative estimate of drug-likeness (QED) is 0.382. The number of hydrogen-bond acceptors (Lipinski definition) is 4. The number of carbonyl (C=O) groups is 1. The first-order valence-electron chi connectivity index (χ1n) is 9.71. The molecule has 2 atom stereocenters. The van der Waals surface area contributed by atoms with E-state index in [2.05, 4.69) is 0 Å². The molecule has 4 rings (SSSR count). The molecule has 2 unspecified atom stereocenters. The van der Waals surface area contributed by atoms with Crippen molar-refractivity contribution in [2.24, 2.45) is 16.7 Å². The summed E-state index contributed by atoms with van der Waals surface area (Å²) in [5.74, 6) is 0.0638. The summed E-state index contributed by atoms with van der Waals surface area (Å²) in [4.78, 5) is 12.8. The van der Waals surface area contributed by atoms with Crippen LogP contribution in [0.4, 0.5) is 0 Å². The first kappa shape index (κ1) is 22.5. The number of Topliss-reactive ketones (excluding diaryl/α,β-unsaturated/α-hetero) is 1. The average molecular weight is 581 g/mol. The Morgan fingerprint density at radius 3 is 1.90 bits per heavy atom. The van der Waals surface area contributed by atoms with Crippen molar-refractivity contribution in [2.45, 2.75) is 33.1 Å². The Kier molecular flexibility index (Phi) is 6.03. The number of halogens is 3. The number of carbonyl (C=O) groups excluding carboxylic acids is 1. The molecule has 2 aromatic carbocycles. The topological polar surface area (TPSA) is 60.4 Å². The zero-order chi connectivity index (χ0) is 21.7. The van der Waals surface area contributed by atoms with Crippen LogP contribution >= 0.6 is 43.4 Å². The number of ketones is 1. The Hall–Kier alpha value is -0.670. The molecule has 0 saturated heterocycles. The summed E-state index contributed by atoms with van der Waals surface area (Å²) in [6.07, 6.45) is 1.98. The third-order valence-corrected chi connectivity index (χ3v) is 14.8. The van der Waals surface area contributed by atoms with Crippen molar-refractivity contribution in [3.63, 3.8) is 0 Å². The van der Waals surface area contributed by atoms with Crippen LogP contribution in [0.25, 0.3) is 0 Å². The first-order valence-corrected chi connectivity index (χ1v) is 15.1. The van der Waals surface area contributed by atoms with Crippen LogP contribution in [0, 0.1) is 23.9 Å². The van der Waals surface area contributed by atoms with Crippen molar-refractivity contribution in [2.75, 3.05) is 5.75 Å². The standard InChI is InChI=1S/C22H23Cl2IO4S/c1-21(2)15-11-12-22(21,20(26)13-15)14-30(27,28)29-25(18-7-3-16(23)4-8-18)19-9-5-17(24)6-10-19/h3-10,15H,11-14H2,1-2H3. The molecule has 0 spiro atoms. The van der Waals surface area contributed by atoms with E-state index in [1.807, 2.05) is 38.1 Å². The van der Waals surface area contributed by atoms with Crippen LogP contribution in [0.1, 0.15) is 33.1 Å². The molecule has 0 heterocycles. The summed E-state index contributed by atoms with van der Waals surface area (Å²) in [6, 6.07) is 14.2. The van der Waals surface area contributed by atoms with Gasteiger partial charge in [0.25, 0.3) is 0 Å². The van der Waals surface area contributed by atoms with Gasteiger partial charge in [-0.25, -0.2) is 0 Å². The molecule has 0 radical (unpaired) electrons. The molecule has 0 aromatic heterocycles. The van der Waals surface area contributed by atoms with Crippen LogP contribution in [0.15, 0.2) is 48.5 Å². The van der Waals surface area contributed by atoms with Crippen LogP contribution in [0.2, 0.25) is 10.0 Å². The van der Waals surface area contributed by atoms with Gasteiger partial charge < -0.3 is 0 Å². The number of benzene rings is 2. The van der Waals surface area contributed by atoms with Crippen molar-refractivity contribution in [1.82, 2.24) is 0 Å². The van der Waals surface area contributed by atoms with Gasteiger partial charge >= 0.3 is 196 Å². The second-order valence-electron chi connectivity index (χ2n) is 8.55. The Morgan fingerprint density at radius 1 is 1.00 bits per heavy atom. The molecule has 162 valence electrons. The maximum atomic E-state index is 13.3. The molecule has 2 fully saturated rings. The average Bonchev–Trinajstić information content (AvgIpc) is 3.02. The fraction of sp³-hybridized carbons (Fsp3) is 0.409. The summed E-state index contributed by atoms with van der Waals surface area (Å²) >= 11 is 9.24. The van der Waals surface area contributed by atoms with Crippen LogP contribution in [0.3, 0.4) is 0 Å². The summed E-state index contributed by atoms with van der Waals surface area (Å²) in [7, 11) is -3.95. The molecule has 2 aliphatic rings. The Morgan fingerprint density at radius 2 is 1.50 bits per heavy atom. The van der Waals surface area contributed by atoms with E-state index >= 15 is 0 Å². The number of rotatable bonds is 6. The fourth-order valence-electron chi connectivity index (χ4n) is 4.81. The van der Waals surface area contributed by atoms with Crippen molar-refractivity contribution < 1.29 is 15.7 Å². The van der Waals surface area contributed by atoms with Gasteiger partial charge in [0.15, 0.2) is 0 Å². The molecular weight excluding hydrogens is 558 g/mol. The normalized spacial score (nSPS) is 25.5. The van der Waals surface area contributed by atoms with Gasteiger partial charge in [0.05, 0.1) is 0 Å². The SMILES string of the molecule is CC1(C)C2CCC1(CS(=O)(=O)OI(c1ccc(Cl)cc1)c1ccc(Cl)cc1)C(=O)C2. The van der Waals surface area contributed by atoms with E-state index in [9.17, 15) is 13.2 Å². The minimum absolute atomic E-state index is 0.0641. The molecule has 8 heteroatoms. The first-order chi connectivity index (χ1) is 14.0. The Bertz CT molecular complexity index is 1020. The second-order valence-corrected chi connectivity index (χ2v) is 15.9. The molecule has 2 aromatic rings. The summed E-state index contributed by atoms with van der Waals surface area (Å²) < 4.78 is 34.2. The second kappa shape index (κ2) is 8.03. The zero-order valence-corrected chi connectivity index (χ0v) is 21.2. The molecule has 4 nitrogen and oxygen atoms in total. The molecule has 0 amide bonds. The van der Waals surface area contributed by atoms with Crippen LogP contribution in [-0.4, -0.2) is 20.0 Å². The predicted octanol–water partition coefficient (Wildman–Crippen LogP) is 6.20. The number of hydrogen-bond donors (Lipinski definition) is 0. The van der Waals surface area contributed by atoms with Gasteiger partial charge in [-0.3, -0.25) is 0 Å². The van der Waals surface area contributed by atoms with Gasteiger partial charge in [-0.1, -0.05) is 0 Å². The Balaban J connectivity index is 1.67. The van der Waals surface area contributed by atoms with Crippen LogP contribution < -0.4 is 0 Å². The van der Waals surface area contributed by atoms with E-state index in [-0.39, 0.29) is 22.9 Å². The summed E-state index contributed by atoms with van der Waals surface area (Å²) in [6.45, 7) is 4.06. The van der Waals surface area contributed by atoms with Gasteiger partial charge in [0.1, 0.15) is 0 Å². The Labute approximate surface area is 195 Å². The minimum atomic E-state index is -3.95. The molecular formula is C22H23Cl2IO4S. The summed E-state index contributed by atoms with van der Waals surface area (Å²) in [5, 5.41) is 1.14. The van der Waals surface area contributed by atoms with E-state index in [1.165, 1.54) is 0 Å². The molecule has 2 saturated carbocycles. The van der Waals surface area contributed by atoms with Crippen LogP contribution in [0.5, 0.6) is 0 Å². The van der Waals surface area contributed by atoms with Gasteiger partial charge in [0, 0.05) is 0 Å². The van der Waals surface area contributed by atoms with Gasteiger partial charge in [-0.2, -0.15) is 0 Å². The van der Waals surface area contributed by atoms with E-state index in [0.717, 1.165) is 13.6 Å². The zero-order valence-electron chi connectivity index (χ0n) is 16.7. The molecule has 0 N–H and O–H groups in total. The van der Waals surface area contributed by atoms with Crippen molar-refractivity contribution in [3.05, 3.63) is 65.7 Å². The van der Waals surface area contributed by atoms with E-state index in [0.29, 0.717) is 22.9 Å². The predicted molar refractivity (Wildman–Crippen MR) is 128 cm³/mol. The van der Waals surface area contributed by atoms with Crippen molar-refractivity contribution in [3.8, 4) is 0 Å². The van der Waals surface area contributed by atoms with E-state index in [4.69, 9.17) is 25.7 Å². The summed E-state index contributed by atoms with van der Waals surface area (Å²) in [5.41, 5.74) is -1.18. The third kappa shape index (κ3) is 3.94. The fourth-order valence-corrected chi connectivity index (χ4v) is 12.7. The molecule has 0 aliphatic heterocycles. The maximum absolute atomic E-state index is 13.3. The number of fused-ring (bicyclic) bond motifs is 2. The monoisotopic (exact) mass is 580 g/mol. The third-order valence-electron chi connectivity index (χ3n) is 6.72. The van der Waals surface area contributed by atoms with E-state index in [1.54, 1.807) is 24.3 Å². The van der Waals surface area contributed by atoms with Crippen molar-refractivity contribution >= 4 is 59.3 Å². The van der Waals surface area contributed by atoms with Crippen molar-refractivity contribution in [1.29, 1.82) is 0 Å².